The molecule has 2 heterocycles. The predicted molar refractivity (Wildman–Crippen MR) is 122 cm³/mol. The second kappa shape index (κ2) is 8.31. The summed E-state index contributed by atoms with van der Waals surface area (Å²) in [6, 6.07) is 16.4. The van der Waals surface area contributed by atoms with Gasteiger partial charge in [-0.3, -0.25) is 4.79 Å². The first kappa shape index (κ1) is 21.1. The molecule has 2 aliphatic rings. The van der Waals surface area contributed by atoms with Gasteiger partial charge in [-0.15, -0.1) is 0 Å². The summed E-state index contributed by atoms with van der Waals surface area (Å²) in [4.78, 5) is 21.7. The summed E-state index contributed by atoms with van der Waals surface area (Å²) >= 11 is 0. The van der Waals surface area contributed by atoms with Gasteiger partial charge in [0.2, 0.25) is 0 Å². The lowest BCUT2D eigenvalue weighted by Gasteiger charge is -2.41. The van der Waals surface area contributed by atoms with Gasteiger partial charge in [-0.2, -0.15) is 0 Å². The Labute approximate surface area is 190 Å². The van der Waals surface area contributed by atoms with E-state index in [1.807, 2.05) is 56.3 Å². The zero-order valence-corrected chi connectivity index (χ0v) is 18.4. The smallest absolute Gasteiger partial charge is 0.254 e. The van der Waals surface area contributed by atoms with Crippen LogP contribution in [0.15, 0.2) is 65.7 Å². The van der Waals surface area contributed by atoms with Gasteiger partial charge in [-0.1, -0.05) is 18.2 Å². The highest BCUT2D eigenvalue weighted by Gasteiger charge is 2.32. The lowest BCUT2D eigenvalue weighted by atomic mass is 10.1. The monoisotopic (exact) mass is 447 g/mol. The van der Waals surface area contributed by atoms with E-state index < -0.39 is 11.6 Å². The highest BCUT2D eigenvalue weighted by molar-refractivity contribution is 6.04. The Morgan fingerprint density at radius 1 is 1.00 bits per heavy atom. The van der Waals surface area contributed by atoms with Crippen LogP contribution in [-0.4, -0.2) is 47.2 Å². The van der Waals surface area contributed by atoms with Crippen molar-refractivity contribution in [3.63, 3.8) is 0 Å². The molecule has 1 atom stereocenters. The molecule has 0 radical (unpaired) electrons. The molecule has 0 bridgehead atoms. The molecular weight excluding hydrogens is 424 g/mol. The van der Waals surface area contributed by atoms with Crippen molar-refractivity contribution in [1.29, 1.82) is 0 Å². The molecule has 2 aliphatic heterocycles. The van der Waals surface area contributed by atoms with Crippen LogP contribution in [0.3, 0.4) is 0 Å². The van der Waals surface area contributed by atoms with E-state index in [1.165, 1.54) is 0 Å². The molecule has 1 fully saturated rings. The van der Waals surface area contributed by atoms with Crippen LogP contribution in [0.25, 0.3) is 0 Å². The fourth-order valence-corrected chi connectivity index (χ4v) is 4.36. The number of ether oxygens (including phenoxy) is 1. The summed E-state index contributed by atoms with van der Waals surface area (Å²) in [6.07, 6.45) is 0. The van der Waals surface area contributed by atoms with E-state index in [4.69, 9.17) is 9.73 Å². The molecule has 168 valence electrons. The summed E-state index contributed by atoms with van der Waals surface area (Å²) in [5.74, 6) is 0.303. The highest BCUT2D eigenvalue weighted by atomic mass is 19.1. The van der Waals surface area contributed by atoms with Crippen molar-refractivity contribution in [1.82, 2.24) is 9.80 Å². The zero-order valence-electron chi connectivity index (χ0n) is 18.4. The fourth-order valence-electron chi connectivity index (χ4n) is 4.36. The number of halogens is 2. The standard InChI is InChI=1S/C26H23F2N3O2/c1-16-7-8-22-24(11-16)33-23-6-4-3-5-21(23)25(29-22)30-9-10-31(17(2)15-30)26(32)18-12-19(27)14-20(28)13-18/h3-8,11-14,17H,9-10,15H2,1-2H3/t17-/m0/s1. The SMILES string of the molecule is Cc1ccc2c(c1)Oc1ccccc1C(N1CCN(C(=O)c3cc(F)cc(F)c3)[C@@H](C)C1)=N2. The van der Waals surface area contributed by atoms with Gasteiger partial charge in [0.1, 0.15) is 28.9 Å². The Morgan fingerprint density at radius 2 is 1.76 bits per heavy atom. The molecule has 33 heavy (non-hydrogen) atoms. The van der Waals surface area contributed by atoms with Crippen molar-refractivity contribution >= 4 is 17.4 Å². The van der Waals surface area contributed by atoms with E-state index >= 15 is 0 Å². The predicted octanol–water partition coefficient (Wildman–Crippen LogP) is 5.30. The van der Waals surface area contributed by atoms with Gasteiger partial charge in [-0.05, 0) is 55.8 Å². The fraction of sp³-hybridized carbons (Fsp3) is 0.231. The first-order valence-corrected chi connectivity index (χ1v) is 10.9. The molecule has 0 saturated carbocycles. The van der Waals surface area contributed by atoms with Crippen LogP contribution >= 0.6 is 0 Å². The second-order valence-electron chi connectivity index (χ2n) is 8.46. The minimum atomic E-state index is -0.761. The first-order valence-electron chi connectivity index (χ1n) is 10.9. The topological polar surface area (TPSA) is 45.1 Å². The lowest BCUT2D eigenvalue weighted by molar-refractivity contribution is 0.0580. The van der Waals surface area contributed by atoms with Crippen molar-refractivity contribution in [3.8, 4) is 11.5 Å². The van der Waals surface area contributed by atoms with Crippen LogP contribution in [0, 0.1) is 18.6 Å². The number of carbonyl (C=O) groups is 1. The van der Waals surface area contributed by atoms with E-state index in [1.54, 1.807) is 4.90 Å². The number of amidine groups is 1. The minimum absolute atomic E-state index is 0.0163. The molecule has 1 amide bonds. The van der Waals surface area contributed by atoms with Crippen LogP contribution in [0.2, 0.25) is 0 Å². The minimum Gasteiger partial charge on any atom is -0.454 e. The van der Waals surface area contributed by atoms with Gasteiger partial charge < -0.3 is 14.5 Å². The van der Waals surface area contributed by atoms with Gasteiger partial charge in [0.05, 0.1) is 5.56 Å². The van der Waals surface area contributed by atoms with Gasteiger partial charge in [0.25, 0.3) is 5.91 Å². The maximum Gasteiger partial charge on any atom is 0.254 e. The van der Waals surface area contributed by atoms with Crippen LogP contribution in [0.5, 0.6) is 11.5 Å². The summed E-state index contributed by atoms with van der Waals surface area (Å²) < 4.78 is 33.5. The van der Waals surface area contributed by atoms with Crippen molar-refractivity contribution in [2.45, 2.75) is 19.9 Å². The molecule has 0 N–H and O–H groups in total. The maximum absolute atomic E-state index is 13.6. The van der Waals surface area contributed by atoms with Gasteiger partial charge in [0.15, 0.2) is 5.75 Å². The van der Waals surface area contributed by atoms with E-state index in [2.05, 4.69) is 4.90 Å². The average Bonchev–Trinajstić information content (AvgIpc) is 2.94. The molecule has 5 nitrogen and oxygen atoms in total. The Balaban J connectivity index is 1.45. The summed E-state index contributed by atoms with van der Waals surface area (Å²) in [6.45, 7) is 5.39. The molecule has 0 spiro atoms. The Kier molecular flexibility index (Phi) is 5.32. The van der Waals surface area contributed by atoms with E-state index in [0.29, 0.717) is 25.4 Å². The number of aliphatic imine (C=N–C) groups is 1. The Bertz CT molecular complexity index is 1250. The number of para-hydroxylation sites is 1. The number of rotatable bonds is 1. The number of piperazine rings is 1. The molecule has 3 aromatic carbocycles. The average molecular weight is 447 g/mol. The van der Waals surface area contributed by atoms with Gasteiger partial charge in [0, 0.05) is 37.3 Å². The first-order chi connectivity index (χ1) is 15.9. The van der Waals surface area contributed by atoms with Gasteiger partial charge >= 0.3 is 0 Å². The van der Waals surface area contributed by atoms with E-state index in [9.17, 15) is 13.6 Å². The number of hydrogen-bond donors (Lipinski definition) is 0. The zero-order chi connectivity index (χ0) is 23.1. The van der Waals surface area contributed by atoms with Crippen LogP contribution in [0.1, 0.15) is 28.4 Å². The molecule has 0 unspecified atom stereocenters. The van der Waals surface area contributed by atoms with E-state index in [0.717, 1.165) is 46.6 Å². The lowest BCUT2D eigenvalue weighted by Crippen LogP contribution is -2.55. The molecule has 5 rings (SSSR count). The largest absolute Gasteiger partial charge is 0.454 e. The number of carbonyl (C=O) groups excluding carboxylic acids is 1. The summed E-state index contributed by atoms with van der Waals surface area (Å²) in [5.41, 5.74) is 2.72. The summed E-state index contributed by atoms with van der Waals surface area (Å²) in [5, 5.41) is 0. The normalized spacial score (nSPS) is 17.5. The Hall–Kier alpha value is -3.74. The van der Waals surface area contributed by atoms with Crippen LogP contribution < -0.4 is 4.74 Å². The van der Waals surface area contributed by atoms with Crippen LogP contribution in [0.4, 0.5) is 14.5 Å². The maximum atomic E-state index is 13.6. The molecule has 1 saturated heterocycles. The van der Waals surface area contributed by atoms with Crippen molar-refractivity contribution in [3.05, 3.63) is 89.0 Å². The van der Waals surface area contributed by atoms with Crippen molar-refractivity contribution in [2.24, 2.45) is 4.99 Å². The third-order valence-corrected chi connectivity index (χ3v) is 5.99. The number of fused-ring (bicyclic) bond motifs is 2. The third-order valence-electron chi connectivity index (χ3n) is 5.99. The van der Waals surface area contributed by atoms with Crippen LogP contribution in [-0.2, 0) is 0 Å². The number of hydrogen-bond acceptors (Lipinski definition) is 4. The highest BCUT2D eigenvalue weighted by Crippen LogP contribution is 2.39. The van der Waals surface area contributed by atoms with Crippen molar-refractivity contribution in [2.75, 3.05) is 19.6 Å². The summed E-state index contributed by atoms with van der Waals surface area (Å²) in [7, 11) is 0. The number of nitrogens with zero attached hydrogens (tertiary/aromatic N) is 3. The molecule has 0 aliphatic carbocycles. The molecule has 3 aromatic rings. The van der Waals surface area contributed by atoms with Gasteiger partial charge in [-0.25, -0.2) is 13.8 Å². The number of benzene rings is 3. The molecular formula is C26H23F2N3O2. The third kappa shape index (κ3) is 4.06. The molecule has 7 heteroatoms. The number of aryl methyl sites for hydroxylation is 1. The van der Waals surface area contributed by atoms with E-state index in [-0.39, 0.29) is 17.5 Å². The van der Waals surface area contributed by atoms with Crippen molar-refractivity contribution < 1.29 is 18.3 Å². The number of amides is 1. The second-order valence-corrected chi connectivity index (χ2v) is 8.46. The molecule has 0 aromatic heterocycles. The Morgan fingerprint density at radius 3 is 2.52 bits per heavy atom. The quantitative estimate of drug-likeness (QED) is 0.508.